The van der Waals surface area contributed by atoms with E-state index in [0.29, 0.717) is 0 Å². The van der Waals surface area contributed by atoms with Crippen molar-refractivity contribution in [2.24, 2.45) is 0 Å². The second-order valence-electron chi connectivity index (χ2n) is 3.83. The van der Waals surface area contributed by atoms with Crippen molar-refractivity contribution in [3.8, 4) is 0 Å². The van der Waals surface area contributed by atoms with Crippen LogP contribution in [0.1, 0.15) is 22.0 Å². The molecule has 0 saturated heterocycles. The fourth-order valence-corrected chi connectivity index (χ4v) is 4.46. The van der Waals surface area contributed by atoms with Crippen molar-refractivity contribution >= 4 is 48.3 Å². The van der Waals surface area contributed by atoms with Crippen LogP contribution >= 0.6 is 48.3 Å². The Labute approximate surface area is 131 Å². The lowest BCUT2D eigenvalue weighted by Crippen LogP contribution is -2.18. The first-order valence-electron chi connectivity index (χ1n) is 5.30. The van der Waals surface area contributed by atoms with Crippen LogP contribution in [0.25, 0.3) is 0 Å². The lowest BCUT2D eigenvalue weighted by Gasteiger charge is -2.35. The van der Waals surface area contributed by atoms with E-state index < -0.39 is 0 Å². The molecule has 0 spiro atoms. The molecule has 4 rings (SSSR count). The number of halogens is 2. The zero-order valence-corrected chi connectivity index (χ0v) is 12.8. The topological polar surface area (TPSA) is 35.0 Å². The highest BCUT2D eigenvalue weighted by Gasteiger charge is 2.37. The Kier molecular flexibility index (Phi) is 4.63. The van der Waals surface area contributed by atoms with Gasteiger partial charge in [-0.2, -0.15) is 0 Å². The maximum absolute atomic E-state index is 6.02. The summed E-state index contributed by atoms with van der Waals surface area (Å²) >= 11 is 3.34. The minimum atomic E-state index is 0. The smallest absolute Gasteiger partial charge is 0.138 e. The summed E-state index contributed by atoms with van der Waals surface area (Å²) in [4.78, 5) is 8.85. The molecule has 2 unspecified atom stereocenters. The third-order valence-electron chi connectivity index (χ3n) is 2.79. The summed E-state index contributed by atoms with van der Waals surface area (Å²) in [7, 11) is 0. The summed E-state index contributed by atoms with van der Waals surface area (Å²) in [6, 6.07) is 8.07. The molecular weight excluding hydrogens is 323 g/mol. The monoisotopic (exact) mass is 332 g/mol. The molecule has 19 heavy (non-hydrogen) atoms. The number of pyridine rings is 2. The average Bonchev–Trinajstić information content (AvgIpc) is 2.39. The molecule has 0 aliphatic carbocycles. The Morgan fingerprint density at radius 3 is 1.79 bits per heavy atom. The Hall–Kier alpha value is -0.460. The molecule has 2 bridgehead atoms. The number of hydrogen-bond acceptors (Lipinski definition) is 5. The van der Waals surface area contributed by atoms with Crippen LogP contribution in [0.15, 0.2) is 46.7 Å². The molecule has 2 aromatic heterocycles. The van der Waals surface area contributed by atoms with Gasteiger partial charge >= 0.3 is 0 Å². The van der Waals surface area contributed by atoms with E-state index in [0.717, 1.165) is 21.2 Å². The van der Waals surface area contributed by atoms with Crippen molar-refractivity contribution in [3.05, 3.63) is 47.8 Å². The third-order valence-corrected chi connectivity index (χ3v) is 5.08. The Morgan fingerprint density at radius 1 is 0.842 bits per heavy atom. The van der Waals surface area contributed by atoms with E-state index in [2.05, 4.69) is 22.1 Å². The van der Waals surface area contributed by atoms with Gasteiger partial charge in [-0.15, -0.1) is 24.8 Å². The first-order chi connectivity index (χ1) is 8.42. The lowest BCUT2D eigenvalue weighted by atomic mass is 10.2. The maximum Gasteiger partial charge on any atom is 0.138 e. The molecule has 0 amide bonds. The van der Waals surface area contributed by atoms with Crippen LogP contribution in [-0.2, 0) is 4.74 Å². The average molecular weight is 333 g/mol. The predicted octanol–water partition coefficient (Wildman–Crippen LogP) is 4.25. The summed E-state index contributed by atoms with van der Waals surface area (Å²) in [5.41, 5.74) is 2.39. The summed E-state index contributed by atoms with van der Waals surface area (Å²) < 4.78 is 6.02. The van der Waals surface area contributed by atoms with Crippen molar-refractivity contribution in [2.75, 3.05) is 0 Å². The number of rotatable bonds is 0. The van der Waals surface area contributed by atoms with Gasteiger partial charge in [-0.25, -0.2) is 9.97 Å². The van der Waals surface area contributed by atoms with Gasteiger partial charge in [0.1, 0.15) is 20.9 Å². The maximum atomic E-state index is 6.02. The highest BCUT2D eigenvalue weighted by Crippen LogP contribution is 2.57. The van der Waals surface area contributed by atoms with E-state index in [1.807, 2.05) is 24.5 Å². The third kappa shape index (κ3) is 2.45. The van der Waals surface area contributed by atoms with E-state index in [-0.39, 0.29) is 35.7 Å². The molecule has 0 radical (unpaired) electrons. The first-order valence-corrected chi connectivity index (χ1v) is 7.06. The van der Waals surface area contributed by atoms with Gasteiger partial charge in [0.2, 0.25) is 0 Å². The summed E-state index contributed by atoms with van der Waals surface area (Å²) in [6.07, 6.45) is 3.67. The molecule has 7 heteroatoms. The Morgan fingerprint density at radius 2 is 1.32 bits per heavy atom. The van der Waals surface area contributed by atoms with E-state index in [1.54, 1.807) is 23.5 Å². The van der Waals surface area contributed by atoms with Crippen LogP contribution in [0.4, 0.5) is 0 Å². The molecule has 4 heterocycles. The fourth-order valence-electron chi connectivity index (χ4n) is 2.01. The van der Waals surface area contributed by atoms with Gasteiger partial charge in [-0.05, 0) is 12.1 Å². The fraction of sp³-hybridized carbons (Fsp3) is 0.167. The molecule has 0 aromatic carbocycles. The Balaban J connectivity index is 0.000000667. The van der Waals surface area contributed by atoms with Crippen molar-refractivity contribution < 1.29 is 4.74 Å². The number of thioether (sulfide) groups is 2. The van der Waals surface area contributed by atoms with Crippen molar-refractivity contribution in [1.82, 2.24) is 9.97 Å². The molecule has 0 N–H and O–H groups in total. The zero-order valence-electron chi connectivity index (χ0n) is 9.55. The summed E-state index contributed by atoms with van der Waals surface area (Å²) in [5, 5.41) is 2.16. The summed E-state index contributed by atoms with van der Waals surface area (Å²) in [5.74, 6) is 0. The number of hydrogen-bond donors (Lipinski definition) is 0. The molecule has 2 aromatic rings. The quantitative estimate of drug-likeness (QED) is 0.720. The van der Waals surface area contributed by atoms with Crippen LogP contribution < -0.4 is 0 Å². The Bertz CT molecular complexity index is 548. The van der Waals surface area contributed by atoms with Gasteiger partial charge in [0.05, 0.1) is 0 Å². The van der Waals surface area contributed by atoms with Gasteiger partial charge in [-0.3, -0.25) is 0 Å². The summed E-state index contributed by atoms with van der Waals surface area (Å²) in [6.45, 7) is 0. The largest absolute Gasteiger partial charge is 0.343 e. The van der Waals surface area contributed by atoms with Gasteiger partial charge in [0, 0.05) is 23.5 Å². The van der Waals surface area contributed by atoms with E-state index in [9.17, 15) is 0 Å². The van der Waals surface area contributed by atoms with Crippen molar-refractivity contribution in [3.63, 3.8) is 0 Å². The molecule has 100 valence electrons. The normalized spacial score (nSPS) is 22.3. The SMILES string of the molecule is Cl.Cl.c1cnc2c(c1)C1OC(S2)c2cccnc2S1. The molecule has 2 aliphatic heterocycles. The first kappa shape index (κ1) is 14.9. The molecular formula is C12H10Cl2N2OS2. The highest BCUT2D eigenvalue weighted by molar-refractivity contribution is 8.01. The van der Waals surface area contributed by atoms with Crippen LogP contribution in [0.3, 0.4) is 0 Å². The predicted molar refractivity (Wildman–Crippen MR) is 81.3 cm³/mol. The van der Waals surface area contributed by atoms with Gasteiger partial charge in [-0.1, -0.05) is 35.7 Å². The van der Waals surface area contributed by atoms with E-state index in [1.165, 1.54) is 0 Å². The van der Waals surface area contributed by atoms with Crippen LogP contribution in [0.5, 0.6) is 0 Å². The molecule has 3 nitrogen and oxygen atoms in total. The second-order valence-corrected chi connectivity index (χ2v) is 5.93. The minimum Gasteiger partial charge on any atom is -0.343 e. The molecule has 0 fully saturated rings. The van der Waals surface area contributed by atoms with Gasteiger partial charge < -0.3 is 4.74 Å². The molecule has 2 atom stereocenters. The standard InChI is InChI=1S/C12H8N2OS2.2ClH/c1-3-7-9(13-5-1)16-12-8-4-2-6-14-10(8)17-11(7)15-12;;/h1-6,11-12H;2*1H. The number of aromatic nitrogens is 2. The van der Waals surface area contributed by atoms with Gasteiger partial charge in [0.25, 0.3) is 0 Å². The number of nitrogens with zero attached hydrogens (tertiary/aromatic N) is 2. The lowest BCUT2D eigenvalue weighted by molar-refractivity contribution is 0.0768. The number of ether oxygens (including phenoxy) is 1. The second kappa shape index (κ2) is 5.89. The van der Waals surface area contributed by atoms with Crippen molar-refractivity contribution in [2.45, 2.75) is 20.9 Å². The zero-order chi connectivity index (χ0) is 11.2. The minimum absolute atomic E-state index is 0. The van der Waals surface area contributed by atoms with E-state index >= 15 is 0 Å². The number of fused-ring (bicyclic) bond motifs is 6. The highest BCUT2D eigenvalue weighted by atomic mass is 35.5. The molecule has 2 aliphatic rings. The van der Waals surface area contributed by atoms with E-state index in [4.69, 9.17) is 4.74 Å². The van der Waals surface area contributed by atoms with Gasteiger partial charge in [0.15, 0.2) is 0 Å². The van der Waals surface area contributed by atoms with Crippen LogP contribution in [-0.4, -0.2) is 9.97 Å². The van der Waals surface area contributed by atoms with Crippen molar-refractivity contribution in [1.29, 1.82) is 0 Å². The van der Waals surface area contributed by atoms with Crippen LogP contribution in [0.2, 0.25) is 0 Å². The molecule has 0 saturated carbocycles. The van der Waals surface area contributed by atoms with Crippen LogP contribution in [0, 0.1) is 0 Å².